The van der Waals surface area contributed by atoms with E-state index in [1.807, 2.05) is 30.3 Å². The smallest absolute Gasteiger partial charge is 0.267 e. The Bertz CT molecular complexity index is 1340. The number of hydrogen-bond donors (Lipinski definition) is 0. The number of rotatable bonds is 7. The van der Waals surface area contributed by atoms with Crippen LogP contribution in [-0.4, -0.2) is 20.5 Å². The number of methoxy groups -OCH3 is 1. The van der Waals surface area contributed by atoms with Crippen LogP contribution in [0.5, 0.6) is 5.75 Å². The number of sulfonamides is 1. The Hall–Kier alpha value is -4.09. The quantitative estimate of drug-likeness (QED) is 0.412. The second-order valence-corrected chi connectivity index (χ2v) is 8.69. The third-order valence-electron chi connectivity index (χ3n) is 4.78. The van der Waals surface area contributed by atoms with Gasteiger partial charge in [-0.05, 0) is 42.0 Å². The number of nitriles is 1. The van der Waals surface area contributed by atoms with Gasteiger partial charge in [0.25, 0.3) is 10.0 Å². The van der Waals surface area contributed by atoms with Crippen molar-refractivity contribution in [1.29, 1.82) is 5.26 Å². The fraction of sp³-hybridized carbons (Fsp3) is 0.0833. The van der Waals surface area contributed by atoms with E-state index in [9.17, 15) is 13.7 Å². The maximum Gasteiger partial charge on any atom is 0.267 e. The van der Waals surface area contributed by atoms with Gasteiger partial charge < -0.3 is 9.15 Å². The Balaban J connectivity index is 1.85. The molecule has 32 heavy (non-hydrogen) atoms. The molecule has 4 aromatic rings. The molecule has 160 valence electrons. The average Bonchev–Trinajstić information content (AvgIpc) is 3.27. The first-order valence-electron chi connectivity index (χ1n) is 9.70. The summed E-state index contributed by atoms with van der Waals surface area (Å²) in [6.07, 6.45) is 0. The summed E-state index contributed by atoms with van der Waals surface area (Å²) in [5.74, 6) is 0.563. The molecule has 0 amide bonds. The van der Waals surface area contributed by atoms with Crippen LogP contribution in [0.1, 0.15) is 11.3 Å². The third-order valence-corrected chi connectivity index (χ3v) is 6.52. The first kappa shape index (κ1) is 21.2. The second kappa shape index (κ2) is 8.96. The van der Waals surface area contributed by atoms with E-state index in [0.717, 1.165) is 9.87 Å². The van der Waals surface area contributed by atoms with Crippen LogP contribution in [0, 0.1) is 11.3 Å². The third kappa shape index (κ3) is 4.19. The first-order chi connectivity index (χ1) is 15.5. The van der Waals surface area contributed by atoms with E-state index < -0.39 is 10.0 Å². The minimum absolute atomic E-state index is 0.0344. The molecule has 0 aliphatic heterocycles. The Kier molecular flexibility index (Phi) is 5.92. The van der Waals surface area contributed by atoms with Crippen LogP contribution in [0.15, 0.2) is 94.2 Å². The highest BCUT2D eigenvalue weighted by atomic mass is 32.2. The van der Waals surface area contributed by atoms with Crippen molar-refractivity contribution >= 4 is 15.9 Å². The fourth-order valence-electron chi connectivity index (χ4n) is 3.15. The molecule has 0 bridgehead atoms. The zero-order valence-corrected chi connectivity index (χ0v) is 18.0. The summed E-state index contributed by atoms with van der Waals surface area (Å²) in [7, 11) is -2.58. The lowest BCUT2D eigenvalue weighted by molar-refractivity contribution is 0.414. The van der Waals surface area contributed by atoms with Crippen molar-refractivity contribution < 1.29 is 17.6 Å². The highest BCUT2D eigenvalue weighted by Gasteiger charge is 2.32. The largest absolute Gasteiger partial charge is 0.497 e. The Labute approximate surface area is 186 Å². The van der Waals surface area contributed by atoms with Crippen molar-refractivity contribution in [2.45, 2.75) is 11.4 Å². The van der Waals surface area contributed by atoms with Gasteiger partial charge in [0.05, 0.1) is 18.6 Å². The second-order valence-electron chi connectivity index (χ2n) is 6.82. The minimum atomic E-state index is -4.09. The fourth-order valence-corrected chi connectivity index (χ4v) is 4.54. The molecule has 1 heterocycles. The zero-order valence-electron chi connectivity index (χ0n) is 17.2. The predicted octanol–water partition coefficient (Wildman–Crippen LogP) is 4.62. The lowest BCUT2D eigenvalue weighted by atomic mass is 10.2. The molecule has 3 aromatic carbocycles. The minimum Gasteiger partial charge on any atom is -0.497 e. The maximum absolute atomic E-state index is 13.6. The molecule has 0 radical (unpaired) electrons. The van der Waals surface area contributed by atoms with Crippen LogP contribution < -0.4 is 9.04 Å². The topological polar surface area (TPSA) is 96.4 Å². The molecule has 0 fully saturated rings. The normalized spacial score (nSPS) is 11.0. The molecule has 0 unspecified atom stereocenters. The van der Waals surface area contributed by atoms with Crippen LogP contribution in [0.25, 0.3) is 11.5 Å². The summed E-state index contributed by atoms with van der Waals surface area (Å²) in [6, 6.07) is 26.1. The molecule has 8 heteroatoms. The molecule has 0 aliphatic carbocycles. The van der Waals surface area contributed by atoms with Crippen molar-refractivity contribution in [3.8, 4) is 23.3 Å². The van der Waals surface area contributed by atoms with Crippen LogP contribution >= 0.6 is 0 Å². The summed E-state index contributed by atoms with van der Waals surface area (Å²) >= 11 is 0. The van der Waals surface area contributed by atoms with Gasteiger partial charge >= 0.3 is 0 Å². The van der Waals surface area contributed by atoms with Gasteiger partial charge in [-0.2, -0.15) is 10.2 Å². The van der Waals surface area contributed by atoms with Gasteiger partial charge in [0.2, 0.25) is 17.5 Å². The zero-order chi connectivity index (χ0) is 22.6. The van der Waals surface area contributed by atoms with Gasteiger partial charge in [-0.3, -0.25) is 0 Å². The van der Waals surface area contributed by atoms with E-state index in [2.05, 4.69) is 4.98 Å². The van der Waals surface area contributed by atoms with Crippen LogP contribution in [-0.2, 0) is 16.6 Å². The number of hydrogen-bond acceptors (Lipinski definition) is 6. The van der Waals surface area contributed by atoms with Crippen LogP contribution in [0.2, 0.25) is 0 Å². The molecular formula is C24H19N3O4S. The molecule has 0 N–H and O–H groups in total. The van der Waals surface area contributed by atoms with E-state index in [4.69, 9.17) is 9.15 Å². The van der Waals surface area contributed by atoms with E-state index in [0.29, 0.717) is 11.3 Å². The summed E-state index contributed by atoms with van der Waals surface area (Å²) in [5, 5.41) is 9.69. The number of aromatic nitrogens is 1. The number of benzene rings is 3. The van der Waals surface area contributed by atoms with Gasteiger partial charge in [0.15, 0.2) is 0 Å². The molecule has 1 aromatic heterocycles. The summed E-state index contributed by atoms with van der Waals surface area (Å²) < 4.78 is 39.3. The maximum atomic E-state index is 13.6. The van der Waals surface area contributed by atoms with Crippen LogP contribution in [0.4, 0.5) is 5.88 Å². The van der Waals surface area contributed by atoms with E-state index in [1.54, 1.807) is 48.5 Å². The summed E-state index contributed by atoms with van der Waals surface area (Å²) in [5.41, 5.74) is 1.25. The molecule has 4 rings (SSSR count). The number of ether oxygens (including phenoxy) is 1. The SMILES string of the molecule is COc1ccc(S(=O)(=O)N(Cc2ccccc2)c2oc(-c3ccccc3)nc2C#N)cc1. The van der Waals surface area contributed by atoms with Gasteiger partial charge in [-0.15, -0.1) is 0 Å². The first-order valence-corrected chi connectivity index (χ1v) is 11.1. The number of oxazole rings is 1. The van der Waals surface area contributed by atoms with Crippen molar-refractivity contribution in [2.24, 2.45) is 0 Å². The molecule has 0 aliphatic rings. The molecular weight excluding hydrogens is 426 g/mol. The standard InChI is InChI=1S/C24H19N3O4S/c1-30-20-12-14-21(15-13-20)32(28,29)27(17-18-8-4-2-5-9-18)24-22(16-25)26-23(31-24)19-10-6-3-7-11-19/h2-15H,17H2,1H3. The van der Waals surface area contributed by atoms with Crippen molar-refractivity contribution in [1.82, 2.24) is 4.98 Å². The van der Waals surface area contributed by atoms with Gasteiger partial charge in [0.1, 0.15) is 11.8 Å². The molecule has 0 saturated heterocycles. The highest BCUT2D eigenvalue weighted by Crippen LogP contribution is 2.33. The van der Waals surface area contributed by atoms with E-state index >= 15 is 0 Å². The van der Waals surface area contributed by atoms with Crippen molar-refractivity contribution in [3.05, 3.63) is 96.2 Å². The Morgan fingerprint density at radius 3 is 2.19 bits per heavy atom. The Morgan fingerprint density at radius 1 is 0.969 bits per heavy atom. The average molecular weight is 446 g/mol. The molecule has 0 spiro atoms. The van der Waals surface area contributed by atoms with E-state index in [-0.39, 0.29) is 28.9 Å². The van der Waals surface area contributed by atoms with Gasteiger partial charge in [0, 0.05) is 5.56 Å². The molecule has 0 atom stereocenters. The number of anilines is 1. The highest BCUT2D eigenvalue weighted by molar-refractivity contribution is 7.92. The van der Waals surface area contributed by atoms with E-state index in [1.165, 1.54) is 19.2 Å². The van der Waals surface area contributed by atoms with Crippen molar-refractivity contribution in [3.63, 3.8) is 0 Å². The predicted molar refractivity (Wildman–Crippen MR) is 119 cm³/mol. The number of nitrogens with zero attached hydrogens (tertiary/aromatic N) is 3. The van der Waals surface area contributed by atoms with Gasteiger partial charge in [-0.1, -0.05) is 48.5 Å². The van der Waals surface area contributed by atoms with Crippen LogP contribution in [0.3, 0.4) is 0 Å². The molecule has 0 saturated carbocycles. The summed E-state index contributed by atoms with van der Waals surface area (Å²) in [4.78, 5) is 4.28. The summed E-state index contributed by atoms with van der Waals surface area (Å²) in [6.45, 7) is -0.0344. The molecule has 7 nitrogen and oxygen atoms in total. The van der Waals surface area contributed by atoms with Gasteiger partial charge in [-0.25, -0.2) is 12.7 Å². The Morgan fingerprint density at radius 2 is 1.59 bits per heavy atom. The van der Waals surface area contributed by atoms with Crippen molar-refractivity contribution in [2.75, 3.05) is 11.4 Å². The lowest BCUT2D eigenvalue weighted by Gasteiger charge is -2.22. The lowest BCUT2D eigenvalue weighted by Crippen LogP contribution is -2.31. The monoisotopic (exact) mass is 445 g/mol.